The van der Waals surface area contributed by atoms with Crippen LogP contribution in [0.25, 0.3) is 0 Å². The van der Waals surface area contributed by atoms with E-state index in [-0.39, 0.29) is 17.7 Å². The maximum atomic E-state index is 12.1. The minimum absolute atomic E-state index is 0.0798. The summed E-state index contributed by atoms with van der Waals surface area (Å²) in [4.78, 5) is 23.9. The van der Waals surface area contributed by atoms with Crippen LogP contribution in [0, 0.1) is 5.92 Å². The second-order valence-electron chi connectivity index (χ2n) is 6.19. The minimum Gasteiger partial charge on any atom is -0.348 e. The number of aryl methyl sites for hydroxylation is 1. The van der Waals surface area contributed by atoms with Crippen LogP contribution in [0.15, 0.2) is 48.5 Å². The Labute approximate surface area is 142 Å². The fourth-order valence-corrected chi connectivity index (χ4v) is 2.47. The number of hydrogen-bond acceptors (Lipinski definition) is 2. The van der Waals surface area contributed by atoms with E-state index in [1.807, 2.05) is 48.5 Å². The van der Waals surface area contributed by atoms with Crippen LogP contribution in [0.1, 0.15) is 41.3 Å². The number of benzene rings is 2. The average molecular weight is 322 g/mol. The van der Waals surface area contributed by atoms with E-state index in [1.54, 1.807) is 0 Å². The molecule has 24 heavy (non-hydrogen) atoms. The van der Waals surface area contributed by atoms with E-state index in [0.29, 0.717) is 12.1 Å². The van der Waals surface area contributed by atoms with E-state index in [2.05, 4.69) is 17.6 Å². The lowest BCUT2D eigenvalue weighted by atomic mass is 10.1. The molecular weight excluding hydrogens is 300 g/mol. The third-order valence-corrected chi connectivity index (χ3v) is 4.25. The van der Waals surface area contributed by atoms with Gasteiger partial charge in [0.2, 0.25) is 5.91 Å². The van der Waals surface area contributed by atoms with E-state index < -0.39 is 0 Å². The van der Waals surface area contributed by atoms with Crippen LogP contribution in [0.2, 0.25) is 0 Å². The third kappa shape index (κ3) is 4.22. The van der Waals surface area contributed by atoms with Gasteiger partial charge in [0, 0.05) is 23.7 Å². The van der Waals surface area contributed by atoms with Gasteiger partial charge in [-0.05, 0) is 54.7 Å². The Balaban J connectivity index is 1.51. The summed E-state index contributed by atoms with van der Waals surface area (Å²) in [6.45, 7) is 2.55. The largest absolute Gasteiger partial charge is 0.348 e. The Morgan fingerprint density at radius 3 is 2.17 bits per heavy atom. The molecule has 0 aromatic heterocycles. The highest BCUT2D eigenvalue weighted by molar-refractivity contribution is 5.94. The van der Waals surface area contributed by atoms with E-state index >= 15 is 0 Å². The molecule has 1 aliphatic rings. The zero-order chi connectivity index (χ0) is 16.9. The van der Waals surface area contributed by atoms with Crippen LogP contribution in [0.3, 0.4) is 0 Å². The van der Waals surface area contributed by atoms with Crippen LogP contribution in [-0.4, -0.2) is 11.8 Å². The van der Waals surface area contributed by atoms with Crippen molar-refractivity contribution in [2.24, 2.45) is 5.92 Å². The summed E-state index contributed by atoms with van der Waals surface area (Å²) in [5.41, 5.74) is 3.69. The molecule has 2 aromatic rings. The smallest absolute Gasteiger partial charge is 0.251 e. The molecule has 1 fully saturated rings. The molecule has 4 nitrogen and oxygen atoms in total. The molecule has 124 valence electrons. The number of anilines is 1. The van der Waals surface area contributed by atoms with Crippen molar-refractivity contribution in [3.63, 3.8) is 0 Å². The van der Waals surface area contributed by atoms with Crippen molar-refractivity contribution in [2.45, 2.75) is 32.7 Å². The predicted molar refractivity (Wildman–Crippen MR) is 94.8 cm³/mol. The molecule has 0 heterocycles. The van der Waals surface area contributed by atoms with Crippen LogP contribution >= 0.6 is 0 Å². The lowest BCUT2D eigenvalue weighted by Gasteiger charge is -2.08. The molecule has 0 aliphatic heterocycles. The van der Waals surface area contributed by atoms with E-state index in [9.17, 15) is 9.59 Å². The van der Waals surface area contributed by atoms with Crippen LogP contribution < -0.4 is 10.6 Å². The predicted octanol–water partition coefficient (Wildman–Crippen LogP) is 3.53. The monoisotopic (exact) mass is 322 g/mol. The molecule has 4 heteroatoms. The normalized spacial score (nSPS) is 13.4. The van der Waals surface area contributed by atoms with Crippen molar-refractivity contribution in [1.29, 1.82) is 0 Å². The number of amides is 2. The van der Waals surface area contributed by atoms with Crippen LogP contribution in [-0.2, 0) is 17.8 Å². The summed E-state index contributed by atoms with van der Waals surface area (Å²) < 4.78 is 0. The molecule has 0 spiro atoms. The van der Waals surface area contributed by atoms with Gasteiger partial charge in [-0.3, -0.25) is 9.59 Å². The summed E-state index contributed by atoms with van der Waals surface area (Å²) in [5.74, 6) is 0.221. The van der Waals surface area contributed by atoms with Crippen molar-refractivity contribution in [3.8, 4) is 0 Å². The number of rotatable bonds is 6. The molecule has 3 rings (SSSR count). The first kappa shape index (κ1) is 16.2. The van der Waals surface area contributed by atoms with Crippen molar-refractivity contribution in [2.75, 3.05) is 5.32 Å². The van der Waals surface area contributed by atoms with Gasteiger partial charge < -0.3 is 10.6 Å². The molecule has 0 unspecified atom stereocenters. The summed E-state index contributed by atoms with van der Waals surface area (Å²) in [6, 6.07) is 15.2. The first-order valence-corrected chi connectivity index (χ1v) is 8.42. The van der Waals surface area contributed by atoms with Gasteiger partial charge in [0.05, 0.1) is 0 Å². The molecule has 2 N–H and O–H groups in total. The quantitative estimate of drug-likeness (QED) is 0.855. The fourth-order valence-electron chi connectivity index (χ4n) is 2.47. The standard InChI is InChI=1S/C20H22N2O2/c1-2-14-3-7-16(8-4-14)19(23)21-13-15-5-11-18(12-6-15)22-20(24)17-9-10-17/h3-8,11-12,17H,2,9-10,13H2,1H3,(H,21,23)(H,22,24). The van der Waals surface area contributed by atoms with Gasteiger partial charge in [-0.2, -0.15) is 0 Å². The fraction of sp³-hybridized carbons (Fsp3) is 0.300. The maximum Gasteiger partial charge on any atom is 0.251 e. The van der Waals surface area contributed by atoms with E-state index in [4.69, 9.17) is 0 Å². The Morgan fingerprint density at radius 1 is 0.958 bits per heavy atom. The second-order valence-corrected chi connectivity index (χ2v) is 6.19. The Bertz CT molecular complexity index is 716. The summed E-state index contributed by atoms with van der Waals surface area (Å²) in [6.07, 6.45) is 2.95. The van der Waals surface area contributed by atoms with Crippen LogP contribution in [0.4, 0.5) is 5.69 Å². The van der Waals surface area contributed by atoms with Crippen molar-refractivity contribution in [1.82, 2.24) is 5.32 Å². The van der Waals surface area contributed by atoms with Crippen molar-refractivity contribution < 1.29 is 9.59 Å². The molecule has 0 bridgehead atoms. The lowest BCUT2D eigenvalue weighted by molar-refractivity contribution is -0.117. The highest BCUT2D eigenvalue weighted by Gasteiger charge is 2.29. The summed E-state index contributed by atoms with van der Waals surface area (Å²) in [7, 11) is 0. The van der Waals surface area contributed by atoms with Crippen LogP contribution in [0.5, 0.6) is 0 Å². The van der Waals surface area contributed by atoms with Gasteiger partial charge in [0.25, 0.3) is 5.91 Å². The van der Waals surface area contributed by atoms with Gasteiger partial charge in [0.1, 0.15) is 0 Å². The van der Waals surface area contributed by atoms with E-state index in [0.717, 1.165) is 30.5 Å². The van der Waals surface area contributed by atoms with Gasteiger partial charge in [0.15, 0.2) is 0 Å². The Kier molecular flexibility index (Phi) is 4.94. The summed E-state index contributed by atoms with van der Waals surface area (Å²) in [5, 5.41) is 5.82. The number of hydrogen-bond donors (Lipinski definition) is 2. The maximum absolute atomic E-state index is 12.1. The lowest BCUT2D eigenvalue weighted by Crippen LogP contribution is -2.22. The first-order valence-electron chi connectivity index (χ1n) is 8.42. The summed E-state index contributed by atoms with van der Waals surface area (Å²) >= 11 is 0. The molecule has 0 saturated heterocycles. The highest BCUT2D eigenvalue weighted by atomic mass is 16.2. The van der Waals surface area contributed by atoms with Crippen molar-refractivity contribution in [3.05, 3.63) is 65.2 Å². The molecule has 0 radical (unpaired) electrons. The molecule has 0 atom stereocenters. The highest BCUT2D eigenvalue weighted by Crippen LogP contribution is 2.30. The molecule has 2 amide bonds. The number of carbonyl (C=O) groups excluding carboxylic acids is 2. The van der Waals surface area contributed by atoms with Gasteiger partial charge in [-0.15, -0.1) is 0 Å². The number of nitrogens with one attached hydrogen (secondary N) is 2. The first-order chi connectivity index (χ1) is 11.7. The Morgan fingerprint density at radius 2 is 1.58 bits per heavy atom. The zero-order valence-electron chi connectivity index (χ0n) is 13.8. The Hall–Kier alpha value is -2.62. The number of carbonyl (C=O) groups is 2. The topological polar surface area (TPSA) is 58.2 Å². The molecule has 1 saturated carbocycles. The minimum atomic E-state index is -0.0798. The SMILES string of the molecule is CCc1ccc(C(=O)NCc2ccc(NC(=O)C3CC3)cc2)cc1. The molecule has 1 aliphatic carbocycles. The third-order valence-electron chi connectivity index (χ3n) is 4.25. The van der Waals surface area contributed by atoms with Gasteiger partial charge in [-0.1, -0.05) is 31.2 Å². The zero-order valence-corrected chi connectivity index (χ0v) is 13.8. The molecular formula is C20H22N2O2. The van der Waals surface area contributed by atoms with Gasteiger partial charge in [-0.25, -0.2) is 0 Å². The second kappa shape index (κ2) is 7.30. The average Bonchev–Trinajstić information content (AvgIpc) is 3.46. The van der Waals surface area contributed by atoms with Crippen molar-refractivity contribution >= 4 is 17.5 Å². The van der Waals surface area contributed by atoms with E-state index in [1.165, 1.54) is 5.56 Å². The molecule has 2 aromatic carbocycles. The van der Waals surface area contributed by atoms with Gasteiger partial charge >= 0.3 is 0 Å².